The molecule has 7 aromatic carbocycles. The average Bonchev–Trinajstić information content (AvgIpc) is 3.97. The molecule has 0 aromatic heterocycles. The van der Waals surface area contributed by atoms with Gasteiger partial charge in [-0.05, 0) is 147 Å². The van der Waals surface area contributed by atoms with Crippen LogP contribution in [0.3, 0.4) is 0 Å². The van der Waals surface area contributed by atoms with Crippen LogP contribution in [0.5, 0.6) is 0 Å². The molecule has 2 bridgehead atoms. The summed E-state index contributed by atoms with van der Waals surface area (Å²) in [5.74, 6) is 3.23. The first-order chi connectivity index (χ1) is 28.0. The maximum absolute atomic E-state index is 2.55. The van der Waals surface area contributed by atoms with Gasteiger partial charge in [-0.1, -0.05) is 161 Å². The summed E-state index contributed by atoms with van der Waals surface area (Å²) < 4.78 is 0. The van der Waals surface area contributed by atoms with Gasteiger partial charge in [0.1, 0.15) is 0 Å². The molecule has 0 radical (unpaired) electrons. The maximum atomic E-state index is 2.55. The largest absolute Gasteiger partial charge is 0.310 e. The molecule has 0 heterocycles. The van der Waals surface area contributed by atoms with E-state index in [1.807, 2.05) is 0 Å². The normalized spacial score (nSPS) is 20.8. The van der Waals surface area contributed by atoms with Crippen molar-refractivity contribution >= 4 is 27.8 Å². The van der Waals surface area contributed by atoms with Crippen LogP contribution in [-0.2, 0) is 5.41 Å². The van der Waals surface area contributed by atoms with Gasteiger partial charge in [-0.25, -0.2) is 0 Å². The smallest absolute Gasteiger partial charge is 0.0540 e. The molecule has 3 unspecified atom stereocenters. The van der Waals surface area contributed by atoms with Gasteiger partial charge in [0.2, 0.25) is 0 Å². The summed E-state index contributed by atoms with van der Waals surface area (Å²) in [6.07, 6.45) is 12.4. The first-order valence-electron chi connectivity index (χ1n) is 21.9. The van der Waals surface area contributed by atoms with E-state index in [1.54, 1.807) is 0 Å². The van der Waals surface area contributed by atoms with Crippen LogP contribution in [0.1, 0.15) is 106 Å². The van der Waals surface area contributed by atoms with Crippen molar-refractivity contribution in [2.75, 3.05) is 4.90 Å². The zero-order valence-electron chi connectivity index (χ0n) is 33.6. The van der Waals surface area contributed by atoms with Crippen molar-refractivity contribution in [2.45, 2.75) is 88.9 Å². The standard InChI is InChI=1S/C56H53N/c1-56(2)52-21-12-20-49(48-19-10-9-18-46(48)39-15-7-4-8-16-39)55(52)50-32-30-45(36-53(50)56)57(44-28-25-40(26-29-44)51-34-37-23-24-43(51)33-37)54-22-11-17-42-35-41(27-31-47(42)54)38-13-5-3-6-14-38/h4,7-12,15-22,25-32,35-38,43,51H,3,5-6,13-14,23-24,33-34H2,1-2H3. The molecule has 3 atom stereocenters. The summed E-state index contributed by atoms with van der Waals surface area (Å²) in [7, 11) is 0. The van der Waals surface area contributed by atoms with Crippen molar-refractivity contribution in [3.8, 4) is 33.4 Å². The minimum absolute atomic E-state index is 0.163. The van der Waals surface area contributed by atoms with Crippen LogP contribution in [0.2, 0.25) is 0 Å². The molecule has 3 fully saturated rings. The summed E-state index contributed by atoms with van der Waals surface area (Å²) >= 11 is 0. The Morgan fingerprint density at radius 2 is 1.25 bits per heavy atom. The maximum Gasteiger partial charge on any atom is 0.0540 e. The molecule has 57 heavy (non-hydrogen) atoms. The number of nitrogens with zero attached hydrogens (tertiary/aromatic N) is 1. The molecule has 0 saturated heterocycles. The number of anilines is 3. The Morgan fingerprint density at radius 3 is 2.04 bits per heavy atom. The number of hydrogen-bond donors (Lipinski definition) is 0. The third kappa shape index (κ3) is 5.88. The fourth-order valence-corrected chi connectivity index (χ4v) is 11.8. The highest BCUT2D eigenvalue weighted by molar-refractivity contribution is 6.01. The second-order valence-electron chi connectivity index (χ2n) is 18.3. The Hall–Kier alpha value is -5.40. The fraction of sp³-hybridized carbons (Fsp3) is 0.286. The third-order valence-corrected chi connectivity index (χ3v) is 14.8. The van der Waals surface area contributed by atoms with Crippen molar-refractivity contribution in [1.82, 2.24) is 0 Å². The lowest BCUT2D eigenvalue weighted by Crippen LogP contribution is -2.17. The minimum Gasteiger partial charge on any atom is -0.310 e. The van der Waals surface area contributed by atoms with Gasteiger partial charge in [-0.2, -0.15) is 0 Å². The highest BCUT2D eigenvalue weighted by Gasteiger charge is 2.40. The highest BCUT2D eigenvalue weighted by atomic mass is 15.1. The number of benzene rings is 7. The van der Waals surface area contributed by atoms with Gasteiger partial charge in [0.05, 0.1) is 5.69 Å². The summed E-state index contributed by atoms with van der Waals surface area (Å²) in [5, 5.41) is 2.66. The van der Waals surface area contributed by atoms with Crippen LogP contribution in [-0.4, -0.2) is 0 Å². The van der Waals surface area contributed by atoms with E-state index >= 15 is 0 Å². The summed E-state index contributed by atoms with van der Waals surface area (Å²) in [4.78, 5) is 2.55. The summed E-state index contributed by atoms with van der Waals surface area (Å²) in [6, 6.07) is 58.2. The van der Waals surface area contributed by atoms with E-state index in [9.17, 15) is 0 Å². The van der Waals surface area contributed by atoms with Crippen LogP contribution >= 0.6 is 0 Å². The van der Waals surface area contributed by atoms with Crippen molar-refractivity contribution in [3.63, 3.8) is 0 Å². The first-order valence-corrected chi connectivity index (χ1v) is 21.9. The molecule has 1 nitrogen and oxygen atoms in total. The van der Waals surface area contributed by atoms with Crippen molar-refractivity contribution in [1.29, 1.82) is 0 Å². The third-order valence-electron chi connectivity index (χ3n) is 14.8. The Kier molecular flexibility index (Phi) is 8.50. The topological polar surface area (TPSA) is 3.24 Å². The van der Waals surface area contributed by atoms with Crippen molar-refractivity contribution in [2.24, 2.45) is 11.8 Å². The molecule has 282 valence electrons. The Bertz CT molecular complexity index is 2610. The zero-order valence-corrected chi connectivity index (χ0v) is 33.6. The molecule has 0 amide bonds. The van der Waals surface area contributed by atoms with Gasteiger partial charge >= 0.3 is 0 Å². The van der Waals surface area contributed by atoms with E-state index in [0.717, 1.165) is 17.8 Å². The van der Waals surface area contributed by atoms with Crippen LogP contribution in [0.15, 0.2) is 152 Å². The van der Waals surface area contributed by atoms with Crippen LogP contribution in [0.25, 0.3) is 44.2 Å². The molecule has 0 aliphatic heterocycles. The molecular formula is C56H53N. The number of rotatable bonds is 7. The monoisotopic (exact) mass is 739 g/mol. The molecule has 11 rings (SSSR count). The van der Waals surface area contributed by atoms with E-state index in [4.69, 9.17) is 0 Å². The minimum atomic E-state index is -0.163. The highest BCUT2D eigenvalue weighted by Crippen LogP contribution is 2.56. The predicted octanol–water partition coefficient (Wildman–Crippen LogP) is 15.9. The Labute approximate surface area is 339 Å². The van der Waals surface area contributed by atoms with E-state index in [2.05, 4.69) is 170 Å². The number of fused-ring (bicyclic) bond motifs is 6. The first kappa shape index (κ1) is 34.8. The van der Waals surface area contributed by atoms with Crippen molar-refractivity contribution < 1.29 is 0 Å². The SMILES string of the molecule is CC1(C)c2cc(N(c3ccc(C4CC5CCC4C5)cc3)c3cccc4cc(C5CCCCC5)ccc34)ccc2-c2c(-c3ccccc3-c3ccccc3)cccc21. The van der Waals surface area contributed by atoms with Gasteiger partial charge in [-0.3, -0.25) is 0 Å². The fourth-order valence-electron chi connectivity index (χ4n) is 11.8. The second-order valence-corrected chi connectivity index (χ2v) is 18.3. The summed E-state index contributed by atoms with van der Waals surface area (Å²) in [5.41, 5.74) is 17.2. The van der Waals surface area contributed by atoms with Gasteiger partial charge in [0.15, 0.2) is 0 Å². The summed E-state index contributed by atoms with van der Waals surface area (Å²) in [6.45, 7) is 4.85. The lowest BCUT2D eigenvalue weighted by atomic mass is 9.81. The Balaban J connectivity index is 1.05. The van der Waals surface area contributed by atoms with Gasteiger partial charge < -0.3 is 4.90 Å². The lowest BCUT2D eigenvalue weighted by molar-refractivity contribution is 0.420. The van der Waals surface area contributed by atoms with Crippen LogP contribution < -0.4 is 4.90 Å². The van der Waals surface area contributed by atoms with E-state index in [-0.39, 0.29) is 5.41 Å². The van der Waals surface area contributed by atoms with E-state index < -0.39 is 0 Å². The zero-order chi connectivity index (χ0) is 38.1. The second kappa shape index (κ2) is 13.9. The molecule has 0 spiro atoms. The molecular weight excluding hydrogens is 687 g/mol. The van der Waals surface area contributed by atoms with E-state index in [1.165, 1.54) is 141 Å². The Morgan fingerprint density at radius 1 is 0.509 bits per heavy atom. The van der Waals surface area contributed by atoms with Crippen LogP contribution in [0.4, 0.5) is 17.1 Å². The van der Waals surface area contributed by atoms with E-state index in [0.29, 0.717) is 5.92 Å². The molecule has 4 aliphatic carbocycles. The number of hydrogen-bond acceptors (Lipinski definition) is 1. The molecule has 0 N–H and O–H groups in total. The lowest BCUT2D eigenvalue weighted by Gasteiger charge is -2.30. The van der Waals surface area contributed by atoms with Gasteiger partial charge in [-0.15, -0.1) is 0 Å². The average molecular weight is 740 g/mol. The van der Waals surface area contributed by atoms with Gasteiger partial charge in [0, 0.05) is 22.2 Å². The molecule has 3 saturated carbocycles. The quantitative estimate of drug-likeness (QED) is 0.157. The molecule has 4 aliphatic rings. The molecule has 1 heteroatoms. The van der Waals surface area contributed by atoms with Crippen LogP contribution in [0, 0.1) is 11.8 Å². The van der Waals surface area contributed by atoms with Gasteiger partial charge in [0.25, 0.3) is 0 Å². The molecule has 7 aromatic rings. The predicted molar refractivity (Wildman–Crippen MR) is 241 cm³/mol. The van der Waals surface area contributed by atoms with Crippen molar-refractivity contribution in [3.05, 3.63) is 174 Å².